The lowest BCUT2D eigenvalue weighted by Crippen LogP contribution is -2.45. The van der Waals surface area contributed by atoms with Crippen molar-refractivity contribution in [3.05, 3.63) is 0 Å². The number of hydrogen-bond acceptors (Lipinski definition) is 4. The molecule has 1 fully saturated rings. The van der Waals surface area contributed by atoms with Gasteiger partial charge in [0.05, 0.1) is 13.2 Å². The van der Waals surface area contributed by atoms with Crippen LogP contribution in [0.25, 0.3) is 0 Å². The highest BCUT2D eigenvalue weighted by atomic mass is 16.5. The summed E-state index contributed by atoms with van der Waals surface area (Å²) in [6.45, 7) is 2.84. The molecule has 6 nitrogen and oxygen atoms in total. The van der Waals surface area contributed by atoms with Gasteiger partial charge in [0.2, 0.25) is 5.91 Å². The van der Waals surface area contributed by atoms with Crippen molar-refractivity contribution in [1.82, 2.24) is 10.6 Å². The van der Waals surface area contributed by atoms with Gasteiger partial charge < -0.3 is 20.1 Å². The second kappa shape index (κ2) is 9.58. The van der Waals surface area contributed by atoms with Crippen LogP contribution in [0.15, 0.2) is 0 Å². The molecule has 0 radical (unpaired) electrons. The van der Waals surface area contributed by atoms with Crippen LogP contribution in [0.3, 0.4) is 0 Å². The van der Waals surface area contributed by atoms with E-state index in [4.69, 9.17) is 4.74 Å². The Hall–Kier alpha value is -1.30. The minimum Gasteiger partial charge on any atom is -0.453 e. The number of amides is 2. The van der Waals surface area contributed by atoms with E-state index in [0.29, 0.717) is 19.3 Å². The second-order valence-corrected chi connectivity index (χ2v) is 5.13. The van der Waals surface area contributed by atoms with Gasteiger partial charge in [-0.1, -0.05) is 19.3 Å². The van der Waals surface area contributed by atoms with Gasteiger partial charge in [-0.2, -0.15) is 0 Å². The van der Waals surface area contributed by atoms with E-state index >= 15 is 0 Å². The van der Waals surface area contributed by atoms with Gasteiger partial charge in [0.25, 0.3) is 0 Å². The average Bonchev–Trinajstić information content (AvgIpc) is 2.47. The summed E-state index contributed by atoms with van der Waals surface area (Å²) >= 11 is 0. The van der Waals surface area contributed by atoms with Crippen molar-refractivity contribution < 1.29 is 19.1 Å². The number of carbonyl (C=O) groups excluding carboxylic acids is 2. The molecule has 0 aliphatic heterocycles. The number of rotatable bonds is 7. The molecule has 0 heterocycles. The molecule has 1 atom stereocenters. The Morgan fingerprint density at radius 1 is 1.25 bits per heavy atom. The van der Waals surface area contributed by atoms with E-state index < -0.39 is 12.1 Å². The molecule has 1 unspecified atom stereocenters. The monoisotopic (exact) mass is 286 g/mol. The maximum atomic E-state index is 11.6. The van der Waals surface area contributed by atoms with Gasteiger partial charge in [-0.3, -0.25) is 4.79 Å². The fraction of sp³-hybridized carbons (Fsp3) is 0.857. The van der Waals surface area contributed by atoms with Gasteiger partial charge in [-0.15, -0.1) is 0 Å². The molecule has 1 aliphatic carbocycles. The van der Waals surface area contributed by atoms with E-state index in [1.807, 2.05) is 0 Å². The molecular weight excluding hydrogens is 260 g/mol. The maximum absolute atomic E-state index is 11.6. The third-order valence-corrected chi connectivity index (χ3v) is 3.44. The molecule has 1 saturated carbocycles. The first-order valence-electron chi connectivity index (χ1n) is 7.37. The van der Waals surface area contributed by atoms with Gasteiger partial charge in [-0.05, 0) is 26.2 Å². The molecule has 6 heteroatoms. The van der Waals surface area contributed by atoms with E-state index in [1.54, 1.807) is 6.92 Å². The second-order valence-electron chi connectivity index (χ2n) is 5.13. The Morgan fingerprint density at radius 3 is 2.60 bits per heavy atom. The van der Waals surface area contributed by atoms with Crippen LogP contribution in [0.5, 0.6) is 0 Å². The molecule has 2 amide bonds. The predicted molar refractivity (Wildman–Crippen MR) is 75.5 cm³/mol. The van der Waals surface area contributed by atoms with Gasteiger partial charge >= 0.3 is 6.09 Å². The van der Waals surface area contributed by atoms with Gasteiger partial charge in [0.1, 0.15) is 6.04 Å². The van der Waals surface area contributed by atoms with Crippen LogP contribution in [0.4, 0.5) is 4.79 Å². The number of nitrogens with one attached hydrogen (secondary N) is 2. The lowest BCUT2D eigenvalue weighted by Gasteiger charge is -2.22. The van der Waals surface area contributed by atoms with Crippen LogP contribution in [0.2, 0.25) is 0 Å². The fourth-order valence-electron chi connectivity index (χ4n) is 2.22. The summed E-state index contributed by atoms with van der Waals surface area (Å²) in [7, 11) is 1.27. The van der Waals surface area contributed by atoms with E-state index in [0.717, 1.165) is 19.3 Å². The highest BCUT2D eigenvalue weighted by molar-refractivity contribution is 5.85. The number of hydrogen-bond donors (Lipinski definition) is 2. The molecule has 0 aromatic heterocycles. The SMILES string of the molecule is COC(=O)NC(C)C(=O)NCCCOC1CCCCC1. The highest BCUT2D eigenvalue weighted by Gasteiger charge is 2.15. The summed E-state index contributed by atoms with van der Waals surface area (Å²) in [5, 5.41) is 5.18. The van der Waals surface area contributed by atoms with E-state index in [2.05, 4.69) is 15.4 Å². The van der Waals surface area contributed by atoms with Gasteiger partial charge in [0, 0.05) is 13.2 Å². The standard InChI is InChI=1S/C14H26N2O4/c1-11(16-14(18)19-2)13(17)15-9-6-10-20-12-7-4-3-5-8-12/h11-12H,3-10H2,1-2H3,(H,15,17)(H,16,18). The Kier molecular flexibility index (Phi) is 8.02. The smallest absolute Gasteiger partial charge is 0.407 e. The minimum absolute atomic E-state index is 0.215. The van der Waals surface area contributed by atoms with Crippen LogP contribution in [0.1, 0.15) is 45.4 Å². The summed E-state index contributed by atoms with van der Waals surface area (Å²) in [6.07, 6.45) is 6.75. The first-order valence-corrected chi connectivity index (χ1v) is 7.37. The molecule has 20 heavy (non-hydrogen) atoms. The van der Waals surface area contributed by atoms with Gasteiger partial charge in [-0.25, -0.2) is 4.79 Å². The quantitative estimate of drug-likeness (QED) is 0.697. The topological polar surface area (TPSA) is 76.7 Å². The normalized spacial score (nSPS) is 17.3. The van der Waals surface area contributed by atoms with Crippen LogP contribution >= 0.6 is 0 Å². The zero-order valence-electron chi connectivity index (χ0n) is 12.4. The van der Waals surface area contributed by atoms with Gasteiger partial charge in [0.15, 0.2) is 0 Å². The van der Waals surface area contributed by atoms with E-state index in [-0.39, 0.29) is 5.91 Å². The number of alkyl carbamates (subject to hydrolysis) is 1. The zero-order chi connectivity index (χ0) is 14.8. The fourth-order valence-corrected chi connectivity index (χ4v) is 2.22. The first-order chi connectivity index (χ1) is 9.63. The Bertz CT molecular complexity index is 304. The Labute approximate surface area is 120 Å². The largest absolute Gasteiger partial charge is 0.453 e. The third kappa shape index (κ3) is 6.75. The molecule has 116 valence electrons. The van der Waals surface area contributed by atoms with Crippen molar-refractivity contribution in [2.45, 2.75) is 57.6 Å². The molecule has 0 spiro atoms. The summed E-state index contributed by atoms with van der Waals surface area (Å²) in [5.41, 5.74) is 0. The average molecular weight is 286 g/mol. The molecule has 0 aromatic rings. The summed E-state index contributed by atoms with van der Waals surface area (Å²) in [4.78, 5) is 22.6. The molecule has 0 saturated heterocycles. The number of carbonyl (C=O) groups is 2. The van der Waals surface area contributed by atoms with E-state index in [9.17, 15) is 9.59 Å². The van der Waals surface area contributed by atoms with Crippen molar-refractivity contribution in [2.75, 3.05) is 20.3 Å². The zero-order valence-corrected chi connectivity index (χ0v) is 12.4. The van der Waals surface area contributed by atoms with Crippen LogP contribution in [-0.2, 0) is 14.3 Å². The Balaban J connectivity index is 2.02. The van der Waals surface area contributed by atoms with Crippen molar-refractivity contribution in [3.8, 4) is 0 Å². The molecule has 2 N–H and O–H groups in total. The van der Waals surface area contributed by atoms with Crippen molar-refractivity contribution in [1.29, 1.82) is 0 Å². The summed E-state index contributed by atoms with van der Waals surface area (Å²) in [6, 6.07) is -0.596. The summed E-state index contributed by atoms with van der Waals surface area (Å²) in [5.74, 6) is -0.215. The first kappa shape index (κ1) is 16.8. The van der Waals surface area contributed by atoms with E-state index in [1.165, 1.54) is 26.4 Å². The lowest BCUT2D eigenvalue weighted by atomic mass is 9.98. The molecule has 1 aliphatic rings. The number of methoxy groups -OCH3 is 1. The third-order valence-electron chi connectivity index (χ3n) is 3.44. The lowest BCUT2D eigenvalue weighted by molar-refractivity contribution is -0.122. The number of ether oxygens (including phenoxy) is 2. The van der Waals surface area contributed by atoms with Crippen LogP contribution in [0, 0.1) is 0 Å². The molecule has 0 bridgehead atoms. The van der Waals surface area contributed by atoms with Crippen molar-refractivity contribution in [2.24, 2.45) is 0 Å². The van der Waals surface area contributed by atoms with Crippen LogP contribution in [-0.4, -0.2) is 44.4 Å². The minimum atomic E-state index is -0.603. The Morgan fingerprint density at radius 2 is 1.95 bits per heavy atom. The summed E-state index contributed by atoms with van der Waals surface area (Å²) < 4.78 is 10.2. The van der Waals surface area contributed by atoms with Crippen molar-refractivity contribution >= 4 is 12.0 Å². The molecular formula is C14H26N2O4. The predicted octanol–water partition coefficient (Wildman–Crippen LogP) is 1.59. The maximum Gasteiger partial charge on any atom is 0.407 e. The van der Waals surface area contributed by atoms with Crippen LogP contribution < -0.4 is 10.6 Å². The highest BCUT2D eigenvalue weighted by Crippen LogP contribution is 2.20. The van der Waals surface area contributed by atoms with Crippen molar-refractivity contribution in [3.63, 3.8) is 0 Å². The molecule has 1 rings (SSSR count). The molecule has 0 aromatic carbocycles.